The normalized spacial score (nSPS) is 11.4. The van der Waals surface area contributed by atoms with Crippen LogP contribution >= 0.6 is 11.3 Å². The minimum absolute atomic E-state index is 0.0743. The first-order valence-electron chi connectivity index (χ1n) is 5.88. The summed E-state index contributed by atoms with van der Waals surface area (Å²) in [7, 11) is -3.71. The molecule has 2 rings (SSSR count). The molecule has 0 fully saturated rings. The number of H-pyrrole nitrogens is 1. The van der Waals surface area contributed by atoms with E-state index in [1.54, 1.807) is 11.4 Å². The fourth-order valence-corrected chi connectivity index (χ4v) is 3.95. The van der Waals surface area contributed by atoms with Crippen LogP contribution < -0.4 is 15.6 Å². The van der Waals surface area contributed by atoms with E-state index < -0.39 is 15.6 Å². The zero-order valence-corrected chi connectivity index (χ0v) is 12.3. The summed E-state index contributed by atoms with van der Waals surface area (Å²) in [4.78, 5) is 11.8. The number of thiophene rings is 1. The summed E-state index contributed by atoms with van der Waals surface area (Å²) in [5.74, 6) is 0.0743. The molecule has 0 amide bonds. The number of nitrogens with zero attached hydrogens (tertiary/aromatic N) is 1. The van der Waals surface area contributed by atoms with Crippen molar-refractivity contribution in [2.45, 2.75) is 18.4 Å². The molecular weight excluding hydrogens is 300 g/mol. The second-order valence-electron chi connectivity index (χ2n) is 3.90. The Kier molecular flexibility index (Phi) is 4.53. The smallest absolute Gasteiger partial charge is 0.264 e. The molecule has 9 heteroatoms. The van der Waals surface area contributed by atoms with Crippen LogP contribution in [0.25, 0.3) is 0 Å². The lowest BCUT2D eigenvalue weighted by atomic mass is 10.4. The predicted octanol–water partition coefficient (Wildman–Crippen LogP) is 0.742. The average molecular weight is 314 g/mol. The Balaban J connectivity index is 2.24. The number of aromatic nitrogens is 2. The van der Waals surface area contributed by atoms with Crippen molar-refractivity contribution in [3.63, 3.8) is 0 Å². The first kappa shape index (κ1) is 14.7. The van der Waals surface area contributed by atoms with Gasteiger partial charge in [-0.15, -0.1) is 11.3 Å². The molecule has 0 radical (unpaired) electrons. The van der Waals surface area contributed by atoms with Gasteiger partial charge in [0.05, 0.1) is 0 Å². The van der Waals surface area contributed by atoms with E-state index in [9.17, 15) is 13.2 Å². The Morgan fingerprint density at radius 3 is 2.80 bits per heavy atom. The number of hydrogen-bond acceptors (Lipinski definition) is 6. The number of rotatable bonds is 6. The number of hydrogen-bond donors (Lipinski definition) is 3. The summed E-state index contributed by atoms with van der Waals surface area (Å²) in [6, 6.07) is 4.07. The fourth-order valence-electron chi connectivity index (χ4n) is 1.53. The minimum atomic E-state index is -3.71. The maximum absolute atomic E-state index is 12.3. The molecule has 2 aromatic rings. The molecular formula is C11H14N4O3S2. The van der Waals surface area contributed by atoms with Crippen LogP contribution in [-0.4, -0.2) is 25.2 Å². The van der Waals surface area contributed by atoms with Crippen LogP contribution in [0, 0.1) is 0 Å². The van der Waals surface area contributed by atoms with E-state index in [0.717, 1.165) is 11.4 Å². The second kappa shape index (κ2) is 6.16. The van der Waals surface area contributed by atoms with E-state index in [4.69, 9.17) is 0 Å². The third kappa shape index (κ3) is 3.44. The number of sulfonamides is 1. The summed E-state index contributed by atoms with van der Waals surface area (Å²) in [6.07, 6.45) is 0. The Morgan fingerprint density at radius 2 is 2.15 bits per heavy atom. The molecule has 7 nitrogen and oxygen atoms in total. The minimum Gasteiger partial charge on any atom is -0.312 e. The molecule has 2 heterocycles. The van der Waals surface area contributed by atoms with E-state index in [2.05, 4.69) is 20.2 Å². The molecule has 0 saturated heterocycles. The quantitative estimate of drug-likeness (QED) is 0.729. The predicted molar refractivity (Wildman–Crippen MR) is 77.4 cm³/mol. The molecule has 0 aromatic carbocycles. The van der Waals surface area contributed by atoms with Crippen molar-refractivity contribution in [2.24, 2.45) is 0 Å². The second-order valence-corrected chi connectivity index (χ2v) is 6.55. The standard InChI is InChI=1S/C11H14N4O3S2/c1-2-12-7-8-9(5-6-19-8)20(17,18)15-10-3-4-11(16)14-13-10/h3-6,12H,2,7H2,1H3,(H,13,15)(H,14,16). The van der Waals surface area contributed by atoms with Gasteiger partial charge in [-0.05, 0) is 24.1 Å². The highest BCUT2D eigenvalue weighted by atomic mass is 32.2. The number of anilines is 1. The monoisotopic (exact) mass is 314 g/mol. The molecule has 2 aromatic heterocycles. The van der Waals surface area contributed by atoms with Gasteiger partial charge in [0.25, 0.3) is 15.6 Å². The Labute approximate surface area is 120 Å². The summed E-state index contributed by atoms with van der Waals surface area (Å²) < 4.78 is 26.9. The SMILES string of the molecule is CCNCc1sccc1S(=O)(=O)Nc1ccc(=O)[nH]n1. The third-order valence-electron chi connectivity index (χ3n) is 2.45. The van der Waals surface area contributed by atoms with Crippen molar-refractivity contribution in [3.05, 3.63) is 38.8 Å². The van der Waals surface area contributed by atoms with Crippen LogP contribution in [0.3, 0.4) is 0 Å². The van der Waals surface area contributed by atoms with E-state index >= 15 is 0 Å². The van der Waals surface area contributed by atoms with Crippen molar-refractivity contribution in [3.8, 4) is 0 Å². The lowest BCUT2D eigenvalue weighted by Gasteiger charge is -2.08. The van der Waals surface area contributed by atoms with Crippen molar-refractivity contribution < 1.29 is 8.42 Å². The molecule has 0 atom stereocenters. The lowest BCUT2D eigenvalue weighted by molar-refractivity contribution is 0.599. The van der Waals surface area contributed by atoms with Gasteiger partial charge in [0.2, 0.25) is 0 Å². The van der Waals surface area contributed by atoms with Crippen molar-refractivity contribution in [2.75, 3.05) is 11.3 Å². The maximum Gasteiger partial charge on any atom is 0.264 e. The maximum atomic E-state index is 12.3. The van der Waals surface area contributed by atoms with Gasteiger partial charge >= 0.3 is 0 Å². The zero-order chi connectivity index (χ0) is 14.6. The molecule has 0 saturated carbocycles. The van der Waals surface area contributed by atoms with Gasteiger partial charge in [-0.3, -0.25) is 9.52 Å². The van der Waals surface area contributed by atoms with Crippen molar-refractivity contribution >= 4 is 27.2 Å². The molecule has 0 spiro atoms. The largest absolute Gasteiger partial charge is 0.312 e. The van der Waals surface area contributed by atoms with Gasteiger partial charge in [-0.25, -0.2) is 13.5 Å². The highest BCUT2D eigenvalue weighted by Crippen LogP contribution is 2.23. The van der Waals surface area contributed by atoms with Gasteiger partial charge in [0.15, 0.2) is 5.82 Å². The van der Waals surface area contributed by atoms with Crippen molar-refractivity contribution in [1.29, 1.82) is 0 Å². The summed E-state index contributed by atoms with van der Waals surface area (Å²) >= 11 is 1.37. The lowest BCUT2D eigenvalue weighted by Crippen LogP contribution is -2.19. The molecule has 3 N–H and O–H groups in total. The third-order valence-corrected chi connectivity index (χ3v) is 4.94. The van der Waals surface area contributed by atoms with Crippen LogP contribution in [0.1, 0.15) is 11.8 Å². The van der Waals surface area contributed by atoms with Crippen LogP contribution in [0.15, 0.2) is 33.3 Å². The van der Waals surface area contributed by atoms with Crippen LogP contribution in [0.5, 0.6) is 0 Å². The van der Waals surface area contributed by atoms with Gasteiger partial charge in [-0.1, -0.05) is 6.92 Å². The fraction of sp³-hybridized carbons (Fsp3) is 0.273. The number of aromatic amines is 1. The summed E-state index contributed by atoms with van der Waals surface area (Å²) in [5.41, 5.74) is -0.392. The molecule has 0 aliphatic heterocycles. The molecule has 0 aliphatic rings. The van der Waals surface area contributed by atoms with E-state index in [-0.39, 0.29) is 10.7 Å². The summed E-state index contributed by atoms with van der Waals surface area (Å²) in [5, 5.41) is 10.6. The van der Waals surface area contributed by atoms with E-state index in [1.807, 2.05) is 6.92 Å². The Bertz CT molecular complexity index is 716. The number of nitrogens with one attached hydrogen (secondary N) is 3. The Hall–Kier alpha value is -1.71. The van der Waals surface area contributed by atoms with E-state index in [1.165, 1.54) is 23.5 Å². The first-order valence-corrected chi connectivity index (χ1v) is 8.25. The van der Waals surface area contributed by atoms with Crippen LogP contribution in [-0.2, 0) is 16.6 Å². The van der Waals surface area contributed by atoms with Gasteiger partial charge in [0.1, 0.15) is 4.90 Å². The first-order chi connectivity index (χ1) is 9.53. The van der Waals surface area contributed by atoms with Crippen molar-refractivity contribution in [1.82, 2.24) is 15.5 Å². The topological polar surface area (TPSA) is 104 Å². The highest BCUT2D eigenvalue weighted by Gasteiger charge is 2.20. The molecule has 0 bridgehead atoms. The summed E-state index contributed by atoms with van der Waals surface area (Å²) in [6.45, 7) is 3.19. The van der Waals surface area contributed by atoms with Gasteiger partial charge in [-0.2, -0.15) is 5.10 Å². The van der Waals surface area contributed by atoms with Gasteiger partial charge in [0, 0.05) is 17.5 Å². The molecule has 108 valence electrons. The molecule has 20 heavy (non-hydrogen) atoms. The molecule has 0 aliphatic carbocycles. The van der Waals surface area contributed by atoms with Gasteiger partial charge < -0.3 is 5.32 Å². The van der Waals surface area contributed by atoms with Crippen LogP contribution in [0.2, 0.25) is 0 Å². The zero-order valence-electron chi connectivity index (χ0n) is 10.7. The highest BCUT2D eigenvalue weighted by molar-refractivity contribution is 7.92. The average Bonchev–Trinajstić information content (AvgIpc) is 2.88. The molecule has 0 unspecified atom stereocenters. The van der Waals surface area contributed by atoms with Crippen LogP contribution in [0.4, 0.5) is 5.82 Å². The Morgan fingerprint density at radius 1 is 1.35 bits per heavy atom. The van der Waals surface area contributed by atoms with E-state index in [0.29, 0.717) is 6.54 Å².